The normalized spacial score (nSPS) is 17.7. The third kappa shape index (κ3) is 2.87. The average molecular weight is 255 g/mol. The molecule has 2 aromatic heterocycles. The number of aromatic amines is 1. The summed E-state index contributed by atoms with van der Waals surface area (Å²) in [7, 11) is 0. The van der Waals surface area contributed by atoms with E-state index in [2.05, 4.69) is 46.2 Å². The molecule has 0 saturated carbocycles. The summed E-state index contributed by atoms with van der Waals surface area (Å²) < 4.78 is 0. The van der Waals surface area contributed by atoms with Gasteiger partial charge in [-0.1, -0.05) is 0 Å². The standard InChI is InChI=1S/C16H21N3/c1-13-4-8-17-11-16(13)14-5-9-19(10-6-14)12-15-3-2-7-18-15/h2-4,7-8,11,14,18H,5-6,9-10,12H2,1H3. The van der Waals surface area contributed by atoms with Gasteiger partial charge in [-0.2, -0.15) is 0 Å². The number of nitrogens with zero attached hydrogens (tertiary/aromatic N) is 2. The van der Waals surface area contributed by atoms with E-state index in [0.29, 0.717) is 5.92 Å². The zero-order chi connectivity index (χ0) is 13.1. The largest absolute Gasteiger partial charge is 0.364 e. The van der Waals surface area contributed by atoms with Crippen LogP contribution in [0.2, 0.25) is 0 Å². The molecular formula is C16H21N3. The fourth-order valence-corrected chi connectivity index (χ4v) is 3.01. The number of piperidine rings is 1. The number of aromatic nitrogens is 2. The fourth-order valence-electron chi connectivity index (χ4n) is 3.01. The highest BCUT2D eigenvalue weighted by Gasteiger charge is 2.21. The predicted octanol–water partition coefficient (Wildman–Crippen LogP) is 3.10. The van der Waals surface area contributed by atoms with E-state index >= 15 is 0 Å². The maximum Gasteiger partial charge on any atom is 0.0385 e. The molecule has 1 fully saturated rings. The van der Waals surface area contributed by atoms with Crippen molar-refractivity contribution >= 4 is 0 Å². The van der Waals surface area contributed by atoms with Crippen LogP contribution in [0, 0.1) is 6.92 Å². The van der Waals surface area contributed by atoms with E-state index < -0.39 is 0 Å². The summed E-state index contributed by atoms with van der Waals surface area (Å²) in [6, 6.07) is 6.36. The van der Waals surface area contributed by atoms with Gasteiger partial charge in [0.15, 0.2) is 0 Å². The third-order valence-corrected chi connectivity index (χ3v) is 4.16. The monoisotopic (exact) mass is 255 g/mol. The molecule has 1 saturated heterocycles. The minimum Gasteiger partial charge on any atom is -0.364 e. The van der Waals surface area contributed by atoms with E-state index in [1.165, 1.54) is 42.8 Å². The van der Waals surface area contributed by atoms with Crippen LogP contribution in [0.1, 0.15) is 35.6 Å². The Morgan fingerprint density at radius 1 is 1.32 bits per heavy atom. The minimum atomic E-state index is 0.689. The van der Waals surface area contributed by atoms with Gasteiger partial charge in [-0.3, -0.25) is 9.88 Å². The van der Waals surface area contributed by atoms with Crippen LogP contribution in [0.5, 0.6) is 0 Å². The summed E-state index contributed by atoms with van der Waals surface area (Å²) >= 11 is 0. The van der Waals surface area contributed by atoms with Gasteiger partial charge in [0.25, 0.3) is 0 Å². The highest BCUT2D eigenvalue weighted by Crippen LogP contribution is 2.29. The Labute approximate surface area is 114 Å². The quantitative estimate of drug-likeness (QED) is 0.914. The lowest BCUT2D eigenvalue weighted by Crippen LogP contribution is -2.32. The molecule has 0 amide bonds. The molecule has 0 bridgehead atoms. The molecule has 0 atom stereocenters. The molecule has 3 heterocycles. The van der Waals surface area contributed by atoms with Crippen LogP contribution in [0.3, 0.4) is 0 Å². The van der Waals surface area contributed by atoms with Crippen molar-refractivity contribution in [3.05, 3.63) is 53.6 Å². The van der Waals surface area contributed by atoms with Crippen molar-refractivity contribution < 1.29 is 0 Å². The van der Waals surface area contributed by atoms with Crippen LogP contribution in [-0.4, -0.2) is 28.0 Å². The smallest absolute Gasteiger partial charge is 0.0385 e. The van der Waals surface area contributed by atoms with Crippen molar-refractivity contribution in [2.24, 2.45) is 0 Å². The number of likely N-dealkylation sites (tertiary alicyclic amines) is 1. The molecule has 0 spiro atoms. The number of pyridine rings is 1. The summed E-state index contributed by atoms with van der Waals surface area (Å²) in [5, 5.41) is 0. The van der Waals surface area contributed by atoms with Crippen LogP contribution in [0.25, 0.3) is 0 Å². The van der Waals surface area contributed by atoms with E-state index in [0.717, 1.165) is 6.54 Å². The number of rotatable bonds is 3. The van der Waals surface area contributed by atoms with Gasteiger partial charge in [0, 0.05) is 30.8 Å². The van der Waals surface area contributed by atoms with Gasteiger partial charge in [0.1, 0.15) is 0 Å². The van der Waals surface area contributed by atoms with Gasteiger partial charge in [0.2, 0.25) is 0 Å². The Bertz CT molecular complexity index is 511. The molecule has 0 aromatic carbocycles. The van der Waals surface area contributed by atoms with E-state index in [1.54, 1.807) is 0 Å². The number of hydrogen-bond donors (Lipinski definition) is 1. The van der Waals surface area contributed by atoms with Gasteiger partial charge >= 0.3 is 0 Å². The lowest BCUT2D eigenvalue weighted by molar-refractivity contribution is 0.202. The SMILES string of the molecule is Cc1ccncc1C1CCN(Cc2ccc[nH]2)CC1. The second kappa shape index (κ2) is 5.57. The second-order valence-electron chi connectivity index (χ2n) is 5.48. The van der Waals surface area contributed by atoms with Crippen molar-refractivity contribution in [2.75, 3.05) is 13.1 Å². The first-order valence-electron chi connectivity index (χ1n) is 7.08. The minimum absolute atomic E-state index is 0.689. The van der Waals surface area contributed by atoms with E-state index in [9.17, 15) is 0 Å². The van der Waals surface area contributed by atoms with Crippen LogP contribution in [0.4, 0.5) is 0 Å². The molecule has 19 heavy (non-hydrogen) atoms. The molecule has 3 rings (SSSR count). The van der Waals surface area contributed by atoms with Crippen LogP contribution >= 0.6 is 0 Å². The number of H-pyrrole nitrogens is 1. The first kappa shape index (κ1) is 12.4. The maximum absolute atomic E-state index is 4.28. The summed E-state index contributed by atoms with van der Waals surface area (Å²) in [5.74, 6) is 0.689. The Hall–Kier alpha value is -1.61. The fraction of sp³-hybridized carbons (Fsp3) is 0.438. The summed E-state index contributed by atoms with van der Waals surface area (Å²) in [4.78, 5) is 10.1. The first-order valence-corrected chi connectivity index (χ1v) is 7.08. The van der Waals surface area contributed by atoms with E-state index in [1.807, 2.05) is 12.4 Å². The first-order chi connectivity index (χ1) is 9.33. The van der Waals surface area contributed by atoms with Gasteiger partial charge in [-0.15, -0.1) is 0 Å². The topological polar surface area (TPSA) is 31.9 Å². The average Bonchev–Trinajstić information content (AvgIpc) is 2.93. The van der Waals surface area contributed by atoms with E-state index in [-0.39, 0.29) is 0 Å². The predicted molar refractivity (Wildman–Crippen MR) is 77.0 cm³/mol. The number of aryl methyl sites for hydroxylation is 1. The van der Waals surface area contributed by atoms with Crippen molar-refractivity contribution in [3.63, 3.8) is 0 Å². The van der Waals surface area contributed by atoms with Gasteiger partial charge in [0.05, 0.1) is 0 Å². The van der Waals surface area contributed by atoms with Crippen molar-refractivity contribution in [1.82, 2.24) is 14.9 Å². The lowest BCUT2D eigenvalue weighted by atomic mass is 9.88. The summed E-state index contributed by atoms with van der Waals surface area (Å²) in [6.45, 7) is 5.60. The molecule has 100 valence electrons. The van der Waals surface area contributed by atoms with Crippen LogP contribution < -0.4 is 0 Å². The van der Waals surface area contributed by atoms with Crippen LogP contribution in [-0.2, 0) is 6.54 Å². The second-order valence-corrected chi connectivity index (χ2v) is 5.48. The Morgan fingerprint density at radius 2 is 2.16 bits per heavy atom. The molecule has 0 unspecified atom stereocenters. The van der Waals surface area contributed by atoms with Gasteiger partial charge in [-0.25, -0.2) is 0 Å². The number of nitrogens with one attached hydrogen (secondary N) is 1. The molecule has 0 aliphatic carbocycles. The Morgan fingerprint density at radius 3 is 2.84 bits per heavy atom. The van der Waals surface area contributed by atoms with Crippen LogP contribution in [0.15, 0.2) is 36.8 Å². The molecule has 1 aliphatic rings. The highest BCUT2D eigenvalue weighted by molar-refractivity contribution is 5.26. The molecule has 2 aromatic rings. The molecule has 1 aliphatic heterocycles. The molecule has 1 N–H and O–H groups in total. The molecular weight excluding hydrogens is 234 g/mol. The molecule has 0 radical (unpaired) electrons. The molecule has 3 heteroatoms. The molecule has 3 nitrogen and oxygen atoms in total. The summed E-state index contributed by atoms with van der Waals surface area (Å²) in [6.07, 6.45) is 8.43. The Balaban J connectivity index is 1.59. The zero-order valence-corrected chi connectivity index (χ0v) is 11.5. The van der Waals surface area contributed by atoms with Crippen molar-refractivity contribution in [1.29, 1.82) is 0 Å². The van der Waals surface area contributed by atoms with Gasteiger partial charge < -0.3 is 4.98 Å². The third-order valence-electron chi connectivity index (χ3n) is 4.16. The zero-order valence-electron chi connectivity index (χ0n) is 11.5. The highest BCUT2D eigenvalue weighted by atomic mass is 15.1. The number of hydrogen-bond acceptors (Lipinski definition) is 2. The Kier molecular flexibility index (Phi) is 3.65. The van der Waals surface area contributed by atoms with Gasteiger partial charge in [-0.05, 0) is 68.1 Å². The van der Waals surface area contributed by atoms with Crippen molar-refractivity contribution in [2.45, 2.75) is 32.2 Å². The summed E-state index contributed by atoms with van der Waals surface area (Å²) in [5.41, 5.74) is 4.15. The van der Waals surface area contributed by atoms with E-state index in [4.69, 9.17) is 0 Å². The maximum atomic E-state index is 4.28. The lowest BCUT2D eigenvalue weighted by Gasteiger charge is -2.32. The van der Waals surface area contributed by atoms with Crippen molar-refractivity contribution in [3.8, 4) is 0 Å².